The van der Waals surface area contributed by atoms with E-state index in [-0.39, 0.29) is 12.5 Å². The second-order valence-corrected chi connectivity index (χ2v) is 11.6. The molecule has 192 valence electrons. The Morgan fingerprint density at radius 3 is 2.11 bits per heavy atom. The summed E-state index contributed by atoms with van der Waals surface area (Å²) >= 11 is 5.99. The van der Waals surface area contributed by atoms with E-state index in [1.165, 1.54) is 4.90 Å². The molecule has 1 N–H and O–H groups in total. The lowest BCUT2D eigenvalue weighted by Crippen LogP contribution is -2.54. The van der Waals surface area contributed by atoms with Crippen molar-refractivity contribution in [3.8, 4) is 5.75 Å². The van der Waals surface area contributed by atoms with Crippen molar-refractivity contribution in [2.45, 2.75) is 52.7 Å². The van der Waals surface area contributed by atoms with Crippen molar-refractivity contribution in [3.63, 3.8) is 0 Å². The van der Waals surface area contributed by atoms with Crippen LogP contribution >= 0.6 is 11.6 Å². The smallest absolute Gasteiger partial charge is 0.244 e. The average Bonchev–Trinajstić information content (AvgIpc) is 2.75. The Kier molecular flexibility index (Phi) is 9.57. The number of ether oxygens (including phenoxy) is 1. The fourth-order valence-corrected chi connectivity index (χ4v) is 4.31. The minimum absolute atomic E-state index is 0.107. The number of anilines is 1. The summed E-state index contributed by atoms with van der Waals surface area (Å²) in [6.45, 7) is 9.13. The number of halogens is 1. The number of rotatable bonds is 10. The Morgan fingerprint density at radius 1 is 1.06 bits per heavy atom. The highest BCUT2D eigenvalue weighted by atomic mass is 35.5. The third-order valence-corrected chi connectivity index (χ3v) is 6.44. The minimum atomic E-state index is -3.80. The topological polar surface area (TPSA) is 96.0 Å². The van der Waals surface area contributed by atoms with Crippen molar-refractivity contribution in [3.05, 3.63) is 59.1 Å². The van der Waals surface area contributed by atoms with Crippen LogP contribution in [0.5, 0.6) is 5.75 Å². The predicted octanol–water partition coefficient (Wildman–Crippen LogP) is 3.84. The summed E-state index contributed by atoms with van der Waals surface area (Å²) in [5.41, 5.74) is 0.578. The van der Waals surface area contributed by atoms with E-state index in [1.54, 1.807) is 55.5 Å². The van der Waals surface area contributed by atoms with Crippen LogP contribution in [0.15, 0.2) is 48.5 Å². The molecule has 2 rings (SSSR count). The van der Waals surface area contributed by atoms with E-state index in [4.69, 9.17) is 16.3 Å². The highest BCUT2D eigenvalue weighted by Crippen LogP contribution is 2.23. The van der Waals surface area contributed by atoms with Crippen molar-refractivity contribution in [2.75, 3.05) is 23.7 Å². The molecule has 10 heteroatoms. The molecule has 0 spiro atoms. The van der Waals surface area contributed by atoms with Gasteiger partial charge in [0.05, 0.1) is 18.6 Å². The summed E-state index contributed by atoms with van der Waals surface area (Å²) in [5, 5.41) is 3.43. The van der Waals surface area contributed by atoms with Gasteiger partial charge in [-0.15, -0.1) is 0 Å². The SMILES string of the molecule is CCOc1ccc(N(CC(=O)N(Cc2ccc(Cl)cc2)[C@H](C)C(=O)NC(C)(C)C)S(C)(=O)=O)cc1. The summed E-state index contributed by atoms with van der Waals surface area (Å²) in [6, 6.07) is 12.5. The molecule has 35 heavy (non-hydrogen) atoms. The number of hydrogen-bond donors (Lipinski definition) is 1. The normalized spacial score (nSPS) is 12.5. The van der Waals surface area contributed by atoms with Gasteiger partial charge in [-0.3, -0.25) is 13.9 Å². The van der Waals surface area contributed by atoms with Crippen molar-refractivity contribution < 1.29 is 22.7 Å². The van der Waals surface area contributed by atoms with Crippen LogP contribution in [-0.4, -0.2) is 56.1 Å². The van der Waals surface area contributed by atoms with E-state index in [0.717, 1.165) is 16.1 Å². The molecule has 1 atom stereocenters. The van der Waals surface area contributed by atoms with Gasteiger partial charge >= 0.3 is 0 Å². The van der Waals surface area contributed by atoms with E-state index < -0.39 is 34.1 Å². The van der Waals surface area contributed by atoms with Crippen molar-refractivity contribution >= 4 is 39.1 Å². The molecular formula is C25H34ClN3O5S. The summed E-state index contributed by atoms with van der Waals surface area (Å²) in [5.74, 6) is -0.268. The van der Waals surface area contributed by atoms with Gasteiger partial charge in [-0.1, -0.05) is 23.7 Å². The number of nitrogens with zero attached hydrogens (tertiary/aromatic N) is 2. The molecule has 0 saturated heterocycles. The fraction of sp³-hybridized carbons (Fsp3) is 0.440. The van der Waals surface area contributed by atoms with E-state index in [0.29, 0.717) is 23.1 Å². The zero-order valence-electron chi connectivity index (χ0n) is 21.0. The lowest BCUT2D eigenvalue weighted by Gasteiger charge is -2.33. The molecular weight excluding hydrogens is 490 g/mol. The van der Waals surface area contributed by atoms with Gasteiger partial charge in [0.1, 0.15) is 18.3 Å². The summed E-state index contributed by atoms with van der Waals surface area (Å²) in [7, 11) is -3.80. The van der Waals surface area contributed by atoms with Crippen molar-refractivity contribution in [1.29, 1.82) is 0 Å². The van der Waals surface area contributed by atoms with Crippen LogP contribution in [0.2, 0.25) is 5.02 Å². The Morgan fingerprint density at radius 2 is 1.63 bits per heavy atom. The number of sulfonamides is 1. The Hall–Kier alpha value is -2.78. The zero-order chi connectivity index (χ0) is 26.4. The van der Waals surface area contributed by atoms with Crippen molar-refractivity contribution in [1.82, 2.24) is 10.2 Å². The van der Waals surface area contributed by atoms with Crippen LogP contribution < -0.4 is 14.4 Å². The highest BCUT2D eigenvalue weighted by molar-refractivity contribution is 7.92. The Labute approximate surface area is 213 Å². The van der Waals surface area contributed by atoms with Crippen LogP contribution in [-0.2, 0) is 26.2 Å². The number of carbonyl (C=O) groups is 2. The first-order chi connectivity index (χ1) is 16.2. The summed E-state index contributed by atoms with van der Waals surface area (Å²) in [4.78, 5) is 27.8. The molecule has 2 aromatic rings. The van der Waals surface area contributed by atoms with Gasteiger partial charge in [0.2, 0.25) is 21.8 Å². The summed E-state index contributed by atoms with van der Waals surface area (Å²) in [6.07, 6.45) is 1.04. The van der Waals surface area contributed by atoms with E-state index >= 15 is 0 Å². The quantitative estimate of drug-likeness (QED) is 0.510. The lowest BCUT2D eigenvalue weighted by molar-refractivity contribution is -0.140. The standard InChI is InChI=1S/C25H34ClN3O5S/c1-7-34-22-14-12-21(13-15-22)29(35(6,32)33)17-23(30)28(16-19-8-10-20(26)11-9-19)18(2)24(31)27-25(3,4)5/h8-15,18H,7,16-17H2,1-6H3,(H,27,31)/t18-/m1/s1. The zero-order valence-corrected chi connectivity index (χ0v) is 22.6. The number of hydrogen-bond acceptors (Lipinski definition) is 5. The molecule has 2 amide bonds. The first kappa shape index (κ1) is 28.5. The Balaban J connectivity index is 2.37. The molecule has 0 aliphatic heterocycles. The lowest BCUT2D eigenvalue weighted by atomic mass is 10.1. The number of amides is 2. The molecule has 0 unspecified atom stereocenters. The van der Waals surface area contributed by atoms with Gasteiger partial charge in [0.25, 0.3) is 0 Å². The monoisotopic (exact) mass is 523 g/mol. The first-order valence-corrected chi connectivity index (χ1v) is 13.5. The number of benzene rings is 2. The van der Waals surface area contributed by atoms with Crippen LogP contribution in [0.1, 0.15) is 40.2 Å². The maximum absolute atomic E-state index is 13.5. The number of carbonyl (C=O) groups excluding carboxylic acids is 2. The summed E-state index contributed by atoms with van der Waals surface area (Å²) < 4.78 is 31.7. The van der Waals surface area contributed by atoms with Gasteiger partial charge in [-0.05, 0) is 76.6 Å². The largest absolute Gasteiger partial charge is 0.494 e. The molecule has 0 bridgehead atoms. The Bertz CT molecular complexity index is 1110. The molecule has 0 aliphatic carbocycles. The van der Waals surface area contributed by atoms with E-state index in [1.807, 2.05) is 27.7 Å². The average molecular weight is 524 g/mol. The highest BCUT2D eigenvalue weighted by Gasteiger charge is 2.31. The van der Waals surface area contributed by atoms with Gasteiger partial charge < -0.3 is 15.0 Å². The van der Waals surface area contributed by atoms with Gasteiger partial charge in [-0.2, -0.15) is 0 Å². The van der Waals surface area contributed by atoms with Gasteiger partial charge in [-0.25, -0.2) is 8.42 Å². The van der Waals surface area contributed by atoms with Gasteiger partial charge in [0.15, 0.2) is 0 Å². The molecule has 0 fully saturated rings. The molecule has 2 aromatic carbocycles. The van der Waals surface area contributed by atoms with E-state index in [2.05, 4.69) is 5.32 Å². The molecule has 0 radical (unpaired) electrons. The predicted molar refractivity (Wildman–Crippen MR) is 139 cm³/mol. The third-order valence-electron chi connectivity index (χ3n) is 5.05. The fourth-order valence-electron chi connectivity index (χ4n) is 3.33. The molecule has 0 aliphatic rings. The second kappa shape index (κ2) is 11.8. The maximum Gasteiger partial charge on any atom is 0.244 e. The maximum atomic E-state index is 13.5. The van der Waals surface area contributed by atoms with Crippen LogP contribution in [0.4, 0.5) is 5.69 Å². The first-order valence-electron chi connectivity index (χ1n) is 11.3. The number of nitrogens with one attached hydrogen (secondary N) is 1. The third kappa shape index (κ3) is 8.74. The molecule has 8 nitrogen and oxygen atoms in total. The molecule has 0 aromatic heterocycles. The minimum Gasteiger partial charge on any atom is -0.494 e. The van der Waals surface area contributed by atoms with E-state index in [9.17, 15) is 18.0 Å². The van der Waals surface area contributed by atoms with Gasteiger partial charge in [0, 0.05) is 17.1 Å². The van der Waals surface area contributed by atoms with Crippen LogP contribution in [0, 0.1) is 0 Å². The van der Waals surface area contributed by atoms with Crippen molar-refractivity contribution in [2.24, 2.45) is 0 Å². The van der Waals surface area contributed by atoms with Crippen LogP contribution in [0.25, 0.3) is 0 Å². The molecule has 0 saturated carbocycles. The van der Waals surface area contributed by atoms with Crippen LogP contribution in [0.3, 0.4) is 0 Å². The second-order valence-electron chi connectivity index (χ2n) is 9.26. The molecule has 0 heterocycles.